The number of furan rings is 1. The van der Waals surface area contributed by atoms with Crippen molar-refractivity contribution in [2.45, 2.75) is 11.7 Å². The lowest BCUT2D eigenvalue weighted by Gasteiger charge is -2.02. The molecular weight excluding hydrogens is 254 g/mol. The van der Waals surface area contributed by atoms with Crippen molar-refractivity contribution in [2.24, 2.45) is 0 Å². The van der Waals surface area contributed by atoms with Gasteiger partial charge in [0.25, 0.3) is 0 Å². The van der Waals surface area contributed by atoms with Gasteiger partial charge in [-0.25, -0.2) is 9.97 Å². The molecule has 3 N–H and O–H groups in total. The molecule has 0 aliphatic rings. The van der Waals surface area contributed by atoms with Gasteiger partial charge in [-0.05, 0) is 12.1 Å². The fraction of sp³-hybridized carbons (Fsp3) is 0.200. The third kappa shape index (κ3) is 3.74. The molecule has 0 saturated heterocycles. The van der Waals surface area contributed by atoms with Crippen LogP contribution < -0.4 is 11.1 Å². The van der Waals surface area contributed by atoms with Gasteiger partial charge in [-0.15, -0.1) is 0 Å². The lowest BCUT2D eigenvalue weighted by Crippen LogP contribution is -2.24. The summed E-state index contributed by atoms with van der Waals surface area (Å²) in [5, 5.41) is 3.14. The van der Waals surface area contributed by atoms with E-state index >= 15 is 0 Å². The number of amides is 1. The summed E-state index contributed by atoms with van der Waals surface area (Å²) in [6.07, 6.45) is 2.87. The number of hydrogen-bond acceptors (Lipinski definition) is 7. The molecule has 8 heteroatoms. The summed E-state index contributed by atoms with van der Waals surface area (Å²) in [7, 11) is 0. The van der Waals surface area contributed by atoms with Crippen LogP contribution in [0.5, 0.6) is 0 Å². The Morgan fingerprint density at radius 1 is 1.50 bits per heavy atom. The van der Waals surface area contributed by atoms with Crippen molar-refractivity contribution in [2.75, 3.05) is 11.5 Å². The number of anilines is 1. The standard InChI is InChI=1S/C10H11N5O2S/c11-9-13-6-14-10(15-9)18-5-8(16)12-4-7-2-1-3-17-7/h1-3,6H,4-5H2,(H,12,16)(H2,11,13,14,15). The van der Waals surface area contributed by atoms with E-state index in [-0.39, 0.29) is 17.6 Å². The van der Waals surface area contributed by atoms with E-state index in [1.165, 1.54) is 18.1 Å². The molecule has 2 aromatic heterocycles. The van der Waals surface area contributed by atoms with Crippen LogP contribution in [0, 0.1) is 0 Å². The van der Waals surface area contributed by atoms with Gasteiger partial charge in [-0.2, -0.15) is 4.98 Å². The Morgan fingerprint density at radius 3 is 3.11 bits per heavy atom. The Hall–Kier alpha value is -2.09. The summed E-state index contributed by atoms with van der Waals surface area (Å²) in [6, 6.07) is 3.56. The summed E-state index contributed by atoms with van der Waals surface area (Å²) in [5.41, 5.74) is 5.40. The summed E-state index contributed by atoms with van der Waals surface area (Å²) >= 11 is 1.20. The number of carbonyl (C=O) groups excluding carboxylic acids is 1. The number of carbonyl (C=O) groups is 1. The number of nitrogen functional groups attached to an aromatic ring is 1. The number of hydrogen-bond donors (Lipinski definition) is 2. The first-order valence-electron chi connectivity index (χ1n) is 5.10. The van der Waals surface area contributed by atoms with Crippen molar-refractivity contribution in [1.82, 2.24) is 20.3 Å². The van der Waals surface area contributed by atoms with Crippen molar-refractivity contribution >= 4 is 23.6 Å². The molecule has 2 rings (SSSR count). The molecule has 0 aliphatic carbocycles. The maximum Gasteiger partial charge on any atom is 0.230 e. The molecule has 1 amide bonds. The van der Waals surface area contributed by atoms with Crippen LogP contribution in [-0.4, -0.2) is 26.6 Å². The van der Waals surface area contributed by atoms with Gasteiger partial charge >= 0.3 is 0 Å². The highest BCUT2D eigenvalue weighted by atomic mass is 32.2. The largest absolute Gasteiger partial charge is 0.467 e. The molecule has 0 aliphatic heterocycles. The zero-order chi connectivity index (χ0) is 12.8. The molecule has 0 unspecified atom stereocenters. The fourth-order valence-corrected chi connectivity index (χ4v) is 1.78. The van der Waals surface area contributed by atoms with Crippen LogP contribution in [0.3, 0.4) is 0 Å². The van der Waals surface area contributed by atoms with Gasteiger partial charge in [0.15, 0.2) is 5.16 Å². The first-order valence-corrected chi connectivity index (χ1v) is 6.09. The minimum absolute atomic E-state index is 0.129. The molecule has 0 spiro atoms. The van der Waals surface area contributed by atoms with Gasteiger partial charge in [0.1, 0.15) is 12.1 Å². The minimum Gasteiger partial charge on any atom is -0.467 e. The van der Waals surface area contributed by atoms with Crippen LogP contribution >= 0.6 is 11.8 Å². The molecule has 0 bridgehead atoms. The quantitative estimate of drug-likeness (QED) is 0.756. The van der Waals surface area contributed by atoms with Crippen LogP contribution in [0.25, 0.3) is 0 Å². The topological polar surface area (TPSA) is 107 Å². The number of nitrogens with two attached hydrogens (primary N) is 1. The summed E-state index contributed by atoms with van der Waals surface area (Å²) in [5.74, 6) is 0.932. The highest BCUT2D eigenvalue weighted by Gasteiger charge is 2.06. The number of nitrogens with one attached hydrogen (secondary N) is 1. The Morgan fingerprint density at radius 2 is 2.39 bits per heavy atom. The van der Waals surface area contributed by atoms with Gasteiger partial charge in [-0.3, -0.25) is 4.79 Å². The SMILES string of the molecule is Nc1ncnc(SCC(=O)NCc2ccco2)n1. The van der Waals surface area contributed by atoms with E-state index in [0.29, 0.717) is 17.5 Å². The second-order valence-electron chi connectivity index (χ2n) is 3.27. The van der Waals surface area contributed by atoms with Crippen molar-refractivity contribution in [3.05, 3.63) is 30.5 Å². The fourth-order valence-electron chi connectivity index (χ4n) is 1.14. The van der Waals surface area contributed by atoms with Gasteiger partial charge in [-0.1, -0.05) is 11.8 Å². The molecule has 2 aromatic rings. The maximum atomic E-state index is 11.5. The van der Waals surface area contributed by atoms with Crippen LogP contribution in [-0.2, 0) is 11.3 Å². The molecule has 2 heterocycles. The molecular formula is C10H11N5O2S. The Bertz CT molecular complexity index is 517. The van der Waals surface area contributed by atoms with Crippen LogP contribution in [0.15, 0.2) is 34.3 Å². The minimum atomic E-state index is -0.129. The van der Waals surface area contributed by atoms with E-state index in [4.69, 9.17) is 10.2 Å². The first-order chi connectivity index (χ1) is 8.74. The van der Waals surface area contributed by atoms with E-state index < -0.39 is 0 Å². The van der Waals surface area contributed by atoms with E-state index in [0.717, 1.165) is 0 Å². The molecule has 0 aromatic carbocycles. The van der Waals surface area contributed by atoms with Crippen LogP contribution in [0.4, 0.5) is 5.95 Å². The molecule has 0 saturated carbocycles. The van der Waals surface area contributed by atoms with Gasteiger partial charge in [0.05, 0.1) is 18.6 Å². The average Bonchev–Trinajstić information content (AvgIpc) is 2.87. The first kappa shape index (κ1) is 12.4. The number of rotatable bonds is 5. The third-order valence-electron chi connectivity index (χ3n) is 1.94. The predicted molar refractivity (Wildman–Crippen MR) is 65.5 cm³/mol. The second kappa shape index (κ2) is 6.01. The normalized spacial score (nSPS) is 10.2. The van der Waals surface area contributed by atoms with Crippen molar-refractivity contribution in [3.8, 4) is 0 Å². The Balaban J connectivity index is 1.75. The molecule has 94 valence electrons. The lowest BCUT2D eigenvalue weighted by molar-refractivity contribution is -0.118. The molecule has 0 atom stereocenters. The van der Waals surface area contributed by atoms with E-state index in [1.54, 1.807) is 18.4 Å². The van der Waals surface area contributed by atoms with E-state index in [2.05, 4.69) is 20.3 Å². The average molecular weight is 265 g/mol. The number of thioether (sulfide) groups is 1. The van der Waals surface area contributed by atoms with E-state index in [9.17, 15) is 4.79 Å². The van der Waals surface area contributed by atoms with Gasteiger partial charge in [0, 0.05) is 0 Å². The second-order valence-corrected chi connectivity index (χ2v) is 4.21. The third-order valence-corrected chi connectivity index (χ3v) is 2.80. The number of aromatic nitrogens is 3. The molecule has 0 radical (unpaired) electrons. The van der Waals surface area contributed by atoms with Crippen molar-refractivity contribution in [1.29, 1.82) is 0 Å². The summed E-state index contributed by atoms with van der Waals surface area (Å²) in [6.45, 7) is 0.367. The van der Waals surface area contributed by atoms with Gasteiger partial charge < -0.3 is 15.5 Å². The van der Waals surface area contributed by atoms with Crippen molar-refractivity contribution in [3.63, 3.8) is 0 Å². The summed E-state index contributed by atoms with van der Waals surface area (Å²) < 4.78 is 5.09. The Kier molecular flexibility index (Phi) is 4.13. The molecule has 18 heavy (non-hydrogen) atoms. The predicted octanol–water partition coefficient (Wildman–Crippen LogP) is 0.455. The van der Waals surface area contributed by atoms with Gasteiger partial charge in [0.2, 0.25) is 11.9 Å². The van der Waals surface area contributed by atoms with E-state index in [1.807, 2.05) is 0 Å². The number of nitrogens with zero attached hydrogens (tertiary/aromatic N) is 3. The highest BCUT2D eigenvalue weighted by molar-refractivity contribution is 7.99. The monoisotopic (exact) mass is 265 g/mol. The maximum absolute atomic E-state index is 11.5. The summed E-state index contributed by atoms with van der Waals surface area (Å²) in [4.78, 5) is 22.9. The zero-order valence-corrected chi connectivity index (χ0v) is 10.2. The Labute approximate surface area is 107 Å². The molecule has 7 nitrogen and oxygen atoms in total. The van der Waals surface area contributed by atoms with Crippen LogP contribution in [0.1, 0.15) is 5.76 Å². The smallest absolute Gasteiger partial charge is 0.230 e. The van der Waals surface area contributed by atoms with Crippen LogP contribution in [0.2, 0.25) is 0 Å². The lowest BCUT2D eigenvalue weighted by atomic mass is 10.4. The highest BCUT2D eigenvalue weighted by Crippen LogP contribution is 2.11. The zero-order valence-electron chi connectivity index (χ0n) is 9.37. The van der Waals surface area contributed by atoms with Crippen molar-refractivity contribution < 1.29 is 9.21 Å². The molecule has 0 fully saturated rings.